The van der Waals surface area contributed by atoms with Crippen LogP contribution in [0, 0.1) is 0 Å². The number of aromatic nitrogens is 1. The summed E-state index contributed by atoms with van der Waals surface area (Å²) in [5, 5.41) is 8.58. The second kappa shape index (κ2) is 11.4. The summed E-state index contributed by atoms with van der Waals surface area (Å²) in [7, 11) is 0. The van der Waals surface area contributed by atoms with Crippen LogP contribution in [0.4, 0.5) is 0 Å². The molecule has 0 spiro atoms. The summed E-state index contributed by atoms with van der Waals surface area (Å²) < 4.78 is 0. The maximum atomic E-state index is 4.95. The van der Waals surface area contributed by atoms with E-state index in [1.807, 2.05) is 42.5 Å². The molecule has 0 fully saturated rings. The molecule has 0 amide bonds. The molecule has 3 rings (SSSR count). The number of hydrogen-bond acceptors (Lipinski definition) is 2. The van der Waals surface area contributed by atoms with Crippen molar-refractivity contribution < 1.29 is 18.9 Å². The van der Waals surface area contributed by atoms with Crippen molar-refractivity contribution >= 4 is 23.5 Å². The van der Waals surface area contributed by atoms with Crippen LogP contribution in [-0.2, 0) is 0 Å². The standard InChI is InChI=1S/C29H34N3.Li/c1-28(2,3)31-26(22-14-9-7-10-15-22)20-24-18-13-19-25(30-24)21-27(32-29(4,5)6)23-16-11-8-12-17-23;/h7-21,31H,1-6H3;/q-1;+1/b26-20+,27-21-;. The monoisotopic (exact) mass is 431 g/mol. The SMILES string of the molecule is CC(C)(C)[N-]/C(=C\c1cccc(/C=C(/NC(C)(C)C)c2ccccc2)n1)c1ccccc1.[Li+]. The Balaban J connectivity index is 0.00000385. The van der Waals surface area contributed by atoms with Crippen LogP contribution in [0.3, 0.4) is 0 Å². The van der Waals surface area contributed by atoms with Gasteiger partial charge >= 0.3 is 18.9 Å². The molecule has 1 aromatic heterocycles. The first-order valence-electron chi connectivity index (χ1n) is 11.1. The van der Waals surface area contributed by atoms with E-state index in [0.29, 0.717) is 0 Å². The molecule has 33 heavy (non-hydrogen) atoms. The minimum absolute atomic E-state index is 0. The molecule has 1 N–H and O–H groups in total. The van der Waals surface area contributed by atoms with Gasteiger partial charge in [0.25, 0.3) is 0 Å². The first-order valence-corrected chi connectivity index (χ1v) is 11.1. The van der Waals surface area contributed by atoms with Crippen LogP contribution >= 0.6 is 0 Å². The van der Waals surface area contributed by atoms with E-state index in [9.17, 15) is 0 Å². The van der Waals surface area contributed by atoms with E-state index in [1.165, 1.54) is 0 Å². The smallest absolute Gasteiger partial charge is 0.679 e. The molecule has 2 aromatic carbocycles. The van der Waals surface area contributed by atoms with Gasteiger partial charge in [0.15, 0.2) is 0 Å². The molecule has 166 valence electrons. The predicted molar refractivity (Wildman–Crippen MR) is 139 cm³/mol. The van der Waals surface area contributed by atoms with Crippen LogP contribution < -0.4 is 24.2 Å². The fraction of sp³-hybridized carbons (Fsp3) is 0.276. The van der Waals surface area contributed by atoms with E-state index in [1.54, 1.807) is 0 Å². The largest absolute Gasteiger partial charge is 1.00 e. The molecule has 0 saturated heterocycles. The third-order valence-electron chi connectivity index (χ3n) is 4.49. The Morgan fingerprint density at radius 1 is 0.697 bits per heavy atom. The summed E-state index contributed by atoms with van der Waals surface area (Å²) in [4.78, 5) is 4.91. The van der Waals surface area contributed by atoms with Crippen molar-refractivity contribution in [3.05, 3.63) is 107 Å². The first kappa shape index (κ1) is 26.5. The Kier molecular flexibility index (Phi) is 9.17. The van der Waals surface area contributed by atoms with Crippen LogP contribution in [0.25, 0.3) is 28.9 Å². The Bertz CT molecular complexity index is 988. The van der Waals surface area contributed by atoms with Gasteiger partial charge in [0.05, 0.1) is 11.4 Å². The maximum absolute atomic E-state index is 4.95. The molecule has 0 radical (unpaired) electrons. The van der Waals surface area contributed by atoms with Gasteiger partial charge in [-0.3, -0.25) is 0 Å². The Morgan fingerprint density at radius 2 is 1.21 bits per heavy atom. The van der Waals surface area contributed by atoms with E-state index in [2.05, 4.69) is 95.4 Å². The van der Waals surface area contributed by atoms with E-state index >= 15 is 0 Å². The molecule has 4 heteroatoms. The van der Waals surface area contributed by atoms with Crippen LogP contribution in [0.2, 0.25) is 0 Å². The van der Waals surface area contributed by atoms with Gasteiger partial charge in [-0.15, -0.1) is 11.2 Å². The summed E-state index contributed by atoms with van der Waals surface area (Å²) in [5.41, 5.74) is 5.74. The van der Waals surface area contributed by atoms with Crippen molar-refractivity contribution in [2.45, 2.75) is 52.6 Å². The second-order valence-electron chi connectivity index (χ2n) is 9.96. The summed E-state index contributed by atoms with van der Waals surface area (Å²) in [6, 6.07) is 26.8. The molecule has 0 atom stereocenters. The molecule has 0 aliphatic rings. The van der Waals surface area contributed by atoms with Crippen LogP contribution in [-0.4, -0.2) is 16.1 Å². The first-order chi connectivity index (χ1) is 15.1. The van der Waals surface area contributed by atoms with Crippen molar-refractivity contribution in [3.8, 4) is 0 Å². The van der Waals surface area contributed by atoms with Crippen molar-refractivity contribution in [3.63, 3.8) is 0 Å². The molecular formula is C29H34LiN3. The molecule has 0 aliphatic heterocycles. The molecule has 0 bridgehead atoms. The average molecular weight is 432 g/mol. The molecule has 1 heterocycles. The molecule has 0 aliphatic carbocycles. The average Bonchev–Trinajstić information content (AvgIpc) is 2.72. The Morgan fingerprint density at radius 3 is 1.73 bits per heavy atom. The Hall–Kier alpha value is -2.73. The zero-order chi connectivity index (χ0) is 23.2. The minimum Gasteiger partial charge on any atom is -0.679 e. The summed E-state index contributed by atoms with van der Waals surface area (Å²) >= 11 is 0. The number of benzene rings is 2. The van der Waals surface area contributed by atoms with Crippen LogP contribution in [0.1, 0.15) is 64.1 Å². The topological polar surface area (TPSA) is 39.0 Å². The number of nitrogens with zero attached hydrogens (tertiary/aromatic N) is 2. The molecule has 0 unspecified atom stereocenters. The van der Waals surface area contributed by atoms with Gasteiger partial charge in [0.2, 0.25) is 0 Å². The second-order valence-corrected chi connectivity index (χ2v) is 9.96. The van der Waals surface area contributed by atoms with E-state index in [0.717, 1.165) is 33.9 Å². The van der Waals surface area contributed by atoms with Crippen molar-refractivity contribution in [2.75, 3.05) is 0 Å². The van der Waals surface area contributed by atoms with E-state index in [-0.39, 0.29) is 29.9 Å². The number of pyridine rings is 1. The van der Waals surface area contributed by atoms with Crippen molar-refractivity contribution in [1.82, 2.24) is 10.3 Å². The fourth-order valence-electron chi connectivity index (χ4n) is 3.28. The van der Waals surface area contributed by atoms with Crippen LogP contribution in [0.5, 0.6) is 0 Å². The maximum Gasteiger partial charge on any atom is 1.00 e. The van der Waals surface area contributed by atoms with Crippen molar-refractivity contribution in [2.24, 2.45) is 0 Å². The quantitative estimate of drug-likeness (QED) is 0.578. The third kappa shape index (κ3) is 8.97. The van der Waals surface area contributed by atoms with Gasteiger partial charge in [0.1, 0.15) is 0 Å². The van der Waals surface area contributed by atoms with Gasteiger partial charge < -0.3 is 10.6 Å². The van der Waals surface area contributed by atoms with Crippen LogP contribution in [0.15, 0.2) is 78.9 Å². The normalized spacial score (nSPS) is 12.7. The molecule has 3 aromatic rings. The van der Waals surface area contributed by atoms with Gasteiger partial charge in [0, 0.05) is 11.2 Å². The molecule has 3 nitrogen and oxygen atoms in total. The summed E-state index contributed by atoms with van der Waals surface area (Å²) in [6.45, 7) is 12.8. The van der Waals surface area contributed by atoms with Crippen molar-refractivity contribution in [1.29, 1.82) is 0 Å². The van der Waals surface area contributed by atoms with Gasteiger partial charge in [-0.1, -0.05) is 93.6 Å². The molecular weight excluding hydrogens is 397 g/mol. The fourth-order valence-corrected chi connectivity index (χ4v) is 3.28. The number of hydrogen-bond donors (Lipinski definition) is 1. The predicted octanol–water partition coefficient (Wildman–Crippen LogP) is 4.64. The zero-order valence-electron chi connectivity index (χ0n) is 21.1. The van der Waals surface area contributed by atoms with Gasteiger partial charge in [-0.05, 0) is 50.1 Å². The number of nitrogens with one attached hydrogen (secondary N) is 1. The molecule has 0 saturated carbocycles. The third-order valence-corrected chi connectivity index (χ3v) is 4.49. The zero-order valence-corrected chi connectivity index (χ0v) is 21.1. The summed E-state index contributed by atoms with van der Waals surface area (Å²) in [5.74, 6) is 0. The summed E-state index contributed by atoms with van der Waals surface area (Å²) in [6.07, 6.45) is 4.18. The van der Waals surface area contributed by atoms with E-state index in [4.69, 9.17) is 10.3 Å². The van der Waals surface area contributed by atoms with Gasteiger partial charge in [-0.25, -0.2) is 4.98 Å². The number of rotatable bonds is 6. The minimum atomic E-state index is -0.184. The Labute approximate surface area is 211 Å². The van der Waals surface area contributed by atoms with Gasteiger partial charge in [-0.2, -0.15) is 0 Å². The van der Waals surface area contributed by atoms with E-state index < -0.39 is 0 Å².